The van der Waals surface area contributed by atoms with Gasteiger partial charge in [0.25, 0.3) is 0 Å². The number of amidine groups is 1. The third kappa shape index (κ3) is 4.01. The minimum absolute atomic E-state index is 0.512. The van der Waals surface area contributed by atoms with Gasteiger partial charge in [-0.05, 0) is 30.7 Å². The highest BCUT2D eigenvalue weighted by Gasteiger charge is 2.07. The summed E-state index contributed by atoms with van der Waals surface area (Å²) in [6, 6.07) is 17.8. The highest BCUT2D eigenvalue weighted by molar-refractivity contribution is 5.99. The molecule has 22 heavy (non-hydrogen) atoms. The number of hydrogen-bond donors (Lipinski definition) is 1. The van der Waals surface area contributed by atoms with Crippen molar-refractivity contribution >= 4 is 5.84 Å². The molecule has 0 spiro atoms. The van der Waals surface area contributed by atoms with Gasteiger partial charge in [0.15, 0.2) is 0 Å². The van der Waals surface area contributed by atoms with E-state index < -0.39 is 0 Å². The van der Waals surface area contributed by atoms with Crippen molar-refractivity contribution in [3.8, 4) is 11.5 Å². The number of nitrogens with one attached hydrogen (secondary N) is 1. The van der Waals surface area contributed by atoms with Crippen molar-refractivity contribution in [2.24, 2.45) is 4.99 Å². The molecule has 4 heteroatoms. The van der Waals surface area contributed by atoms with Crippen LogP contribution in [0.5, 0.6) is 11.5 Å². The molecule has 0 amide bonds. The van der Waals surface area contributed by atoms with Gasteiger partial charge in [-0.2, -0.15) is 0 Å². The zero-order chi connectivity index (χ0) is 15.0. The van der Waals surface area contributed by atoms with Gasteiger partial charge in [0.2, 0.25) is 0 Å². The summed E-state index contributed by atoms with van der Waals surface area (Å²) >= 11 is 0. The van der Waals surface area contributed by atoms with E-state index in [1.165, 1.54) is 0 Å². The topological polar surface area (TPSA) is 42.9 Å². The number of hydrogen-bond acceptors (Lipinski definition) is 4. The van der Waals surface area contributed by atoms with Crippen LogP contribution in [0.3, 0.4) is 0 Å². The molecule has 0 atom stereocenters. The van der Waals surface area contributed by atoms with E-state index in [2.05, 4.69) is 10.3 Å². The quantitative estimate of drug-likeness (QED) is 0.834. The summed E-state index contributed by atoms with van der Waals surface area (Å²) in [7, 11) is 0. The second-order valence-corrected chi connectivity index (χ2v) is 5.05. The molecule has 1 aliphatic rings. The van der Waals surface area contributed by atoms with Gasteiger partial charge < -0.3 is 14.8 Å². The van der Waals surface area contributed by atoms with Gasteiger partial charge in [-0.3, -0.25) is 4.99 Å². The number of rotatable bonds is 6. The molecule has 2 aromatic carbocycles. The molecule has 0 unspecified atom stereocenters. The van der Waals surface area contributed by atoms with Crippen LogP contribution in [-0.2, 0) is 0 Å². The summed E-state index contributed by atoms with van der Waals surface area (Å²) in [5, 5.41) is 3.32. The first-order valence-electron chi connectivity index (χ1n) is 7.61. The maximum Gasteiger partial charge on any atom is 0.128 e. The lowest BCUT2D eigenvalue weighted by Gasteiger charge is -2.15. The molecule has 114 valence electrons. The fraction of sp³-hybridized carbons (Fsp3) is 0.278. The zero-order valence-electron chi connectivity index (χ0n) is 12.5. The van der Waals surface area contributed by atoms with Crippen molar-refractivity contribution in [1.29, 1.82) is 0 Å². The van der Waals surface area contributed by atoms with Crippen LogP contribution in [0.4, 0.5) is 0 Å². The van der Waals surface area contributed by atoms with E-state index in [-0.39, 0.29) is 0 Å². The molecule has 0 bridgehead atoms. The monoisotopic (exact) mass is 296 g/mol. The van der Waals surface area contributed by atoms with E-state index in [0.717, 1.165) is 42.4 Å². The lowest BCUT2D eigenvalue weighted by atomic mass is 10.1. The van der Waals surface area contributed by atoms with Crippen molar-refractivity contribution in [2.45, 2.75) is 6.42 Å². The average molecular weight is 296 g/mol. The lowest BCUT2D eigenvalue weighted by Crippen LogP contribution is -2.30. The van der Waals surface area contributed by atoms with Gasteiger partial charge >= 0.3 is 0 Å². The van der Waals surface area contributed by atoms with Crippen LogP contribution in [0.25, 0.3) is 0 Å². The van der Waals surface area contributed by atoms with Crippen molar-refractivity contribution in [3.63, 3.8) is 0 Å². The normalized spacial score (nSPS) is 13.9. The zero-order valence-corrected chi connectivity index (χ0v) is 12.5. The Morgan fingerprint density at radius 1 is 0.909 bits per heavy atom. The molecular weight excluding hydrogens is 276 g/mol. The van der Waals surface area contributed by atoms with E-state index in [1.54, 1.807) is 0 Å². The van der Waals surface area contributed by atoms with Gasteiger partial charge in [-0.1, -0.05) is 30.3 Å². The number of benzene rings is 2. The smallest absolute Gasteiger partial charge is 0.128 e. The van der Waals surface area contributed by atoms with Crippen molar-refractivity contribution in [3.05, 3.63) is 60.2 Å². The number of nitrogens with zero attached hydrogens (tertiary/aromatic N) is 1. The SMILES string of the molecule is c1ccc(OCCOc2cccc(C3=NCCCN3)c2)cc1. The maximum absolute atomic E-state index is 5.75. The summed E-state index contributed by atoms with van der Waals surface area (Å²) in [4.78, 5) is 4.50. The molecule has 0 saturated carbocycles. The van der Waals surface area contributed by atoms with E-state index in [4.69, 9.17) is 9.47 Å². The molecule has 3 rings (SSSR count). The summed E-state index contributed by atoms with van der Waals surface area (Å²) in [5.41, 5.74) is 1.07. The van der Waals surface area contributed by atoms with Crippen molar-refractivity contribution < 1.29 is 9.47 Å². The third-order valence-corrected chi connectivity index (χ3v) is 3.37. The standard InChI is InChI=1S/C18H20N2O2/c1-2-7-16(8-3-1)21-12-13-22-17-9-4-6-15(14-17)18-19-10-5-11-20-18/h1-4,6-9,14H,5,10-13H2,(H,19,20). The molecule has 1 N–H and O–H groups in total. The molecule has 2 aromatic rings. The van der Waals surface area contributed by atoms with Crippen LogP contribution < -0.4 is 14.8 Å². The van der Waals surface area contributed by atoms with Crippen LogP contribution in [0.15, 0.2) is 59.6 Å². The largest absolute Gasteiger partial charge is 0.490 e. The van der Waals surface area contributed by atoms with Crippen molar-refractivity contribution in [1.82, 2.24) is 5.32 Å². The highest BCUT2D eigenvalue weighted by Crippen LogP contribution is 2.15. The Hall–Kier alpha value is -2.49. The summed E-state index contributed by atoms with van der Waals surface area (Å²) < 4.78 is 11.4. The Balaban J connectivity index is 1.51. The van der Waals surface area contributed by atoms with Gasteiger partial charge in [0, 0.05) is 18.7 Å². The molecule has 0 aliphatic carbocycles. The third-order valence-electron chi connectivity index (χ3n) is 3.37. The van der Waals surface area contributed by atoms with Crippen LogP contribution in [0.2, 0.25) is 0 Å². The molecule has 0 fully saturated rings. The highest BCUT2D eigenvalue weighted by atomic mass is 16.5. The minimum Gasteiger partial charge on any atom is -0.490 e. The fourth-order valence-electron chi connectivity index (χ4n) is 2.29. The predicted molar refractivity (Wildman–Crippen MR) is 87.9 cm³/mol. The lowest BCUT2D eigenvalue weighted by molar-refractivity contribution is 0.217. The van der Waals surface area contributed by atoms with E-state index >= 15 is 0 Å². The first kappa shape index (κ1) is 14.4. The molecule has 4 nitrogen and oxygen atoms in total. The number of aliphatic imine (C=N–C) groups is 1. The second kappa shape index (κ2) is 7.50. The van der Waals surface area contributed by atoms with Crippen LogP contribution in [-0.4, -0.2) is 32.1 Å². The molecule has 1 aliphatic heterocycles. The second-order valence-electron chi connectivity index (χ2n) is 5.05. The van der Waals surface area contributed by atoms with Gasteiger partial charge in [0.05, 0.1) is 0 Å². The number of ether oxygens (including phenoxy) is 2. The first-order valence-corrected chi connectivity index (χ1v) is 7.61. The van der Waals surface area contributed by atoms with Crippen LogP contribution in [0.1, 0.15) is 12.0 Å². The van der Waals surface area contributed by atoms with E-state index in [0.29, 0.717) is 13.2 Å². The van der Waals surface area contributed by atoms with E-state index in [9.17, 15) is 0 Å². The number of para-hydroxylation sites is 1. The Bertz CT molecular complexity index is 626. The Labute approximate surface area is 130 Å². The summed E-state index contributed by atoms with van der Waals surface area (Å²) in [5.74, 6) is 2.65. The van der Waals surface area contributed by atoms with Gasteiger partial charge in [-0.25, -0.2) is 0 Å². The molecule has 0 radical (unpaired) electrons. The van der Waals surface area contributed by atoms with Gasteiger partial charge in [0.1, 0.15) is 30.5 Å². The average Bonchev–Trinajstić information content (AvgIpc) is 2.61. The Morgan fingerprint density at radius 2 is 1.68 bits per heavy atom. The fourth-order valence-corrected chi connectivity index (χ4v) is 2.29. The molecule has 1 heterocycles. The molecule has 0 aromatic heterocycles. The Kier molecular flexibility index (Phi) is 4.92. The van der Waals surface area contributed by atoms with Crippen LogP contribution >= 0.6 is 0 Å². The molecular formula is C18H20N2O2. The van der Waals surface area contributed by atoms with Gasteiger partial charge in [-0.15, -0.1) is 0 Å². The minimum atomic E-state index is 0.512. The van der Waals surface area contributed by atoms with E-state index in [1.807, 2.05) is 54.6 Å². The Morgan fingerprint density at radius 3 is 2.45 bits per heavy atom. The summed E-state index contributed by atoms with van der Waals surface area (Å²) in [6.45, 7) is 2.90. The van der Waals surface area contributed by atoms with Crippen LogP contribution in [0, 0.1) is 0 Å². The first-order chi connectivity index (χ1) is 10.9. The summed E-state index contributed by atoms with van der Waals surface area (Å²) in [6.07, 6.45) is 1.09. The molecule has 0 saturated heterocycles. The maximum atomic E-state index is 5.75. The predicted octanol–water partition coefficient (Wildman–Crippen LogP) is 2.88. The van der Waals surface area contributed by atoms with Crippen molar-refractivity contribution in [2.75, 3.05) is 26.3 Å².